The van der Waals surface area contributed by atoms with Crippen LogP contribution in [0.3, 0.4) is 0 Å². The third-order valence-corrected chi connectivity index (χ3v) is 3.43. The van der Waals surface area contributed by atoms with Gasteiger partial charge in [-0.3, -0.25) is 0 Å². The Hall–Kier alpha value is -1.55. The van der Waals surface area contributed by atoms with Gasteiger partial charge in [-0.2, -0.15) is 0 Å². The number of aliphatic hydroxyl groups is 1. The fourth-order valence-electron chi connectivity index (χ4n) is 1.96. The van der Waals surface area contributed by atoms with Crippen LogP contribution < -0.4 is 5.32 Å². The SMILES string of the molecule is CCc1ccc(CC)c(NC(=O)N(C)CCC(C)O)c1. The van der Waals surface area contributed by atoms with E-state index in [2.05, 4.69) is 31.3 Å². The van der Waals surface area contributed by atoms with Gasteiger partial charge in [0.05, 0.1) is 6.10 Å². The quantitative estimate of drug-likeness (QED) is 0.840. The Morgan fingerprint density at radius 1 is 1.35 bits per heavy atom. The number of hydrogen-bond donors (Lipinski definition) is 2. The second-order valence-electron chi connectivity index (χ2n) is 5.19. The maximum atomic E-state index is 12.1. The van der Waals surface area contributed by atoms with Gasteiger partial charge < -0.3 is 15.3 Å². The molecular weight excluding hydrogens is 252 g/mol. The summed E-state index contributed by atoms with van der Waals surface area (Å²) < 4.78 is 0. The summed E-state index contributed by atoms with van der Waals surface area (Å²) in [6, 6.07) is 6.09. The summed E-state index contributed by atoms with van der Waals surface area (Å²) in [7, 11) is 1.74. The molecule has 1 aromatic rings. The summed E-state index contributed by atoms with van der Waals surface area (Å²) in [4.78, 5) is 13.7. The smallest absolute Gasteiger partial charge is 0.321 e. The average Bonchev–Trinajstić information content (AvgIpc) is 2.44. The van der Waals surface area contributed by atoms with Crippen LogP contribution in [0, 0.1) is 0 Å². The highest BCUT2D eigenvalue weighted by atomic mass is 16.3. The normalized spacial score (nSPS) is 12.1. The minimum atomic E-state index is -0.389. The Labute approximate surface area is 121 Å². The average molecular weight is 278 g/mol. The zero-order chi connectivity index (χ0) is 15.1. The lowest BCUT2D eigenvalue weighted by Crippen LogP contribution is -2.33. The van der Waals surface area contributed by atoms with Crippen molar-refractivity contribution in [3.8, 4) is 0 Å². The third kappa shape index (κ3) is 4.85. The van der Waals surface area contributed by atoms with Gasteiger partial charge in [-0.15, -0.1) is 0 Å². The van der Waals surface area contributed by atoms with E-state index in [9.17, 15) is 9.90 Å². The fraction of sp³-hybridized carbons (Fsp3) is 0.562. The molecule has 1 rings (SSSR count). The van der Waals surface area contributed by atoms with Crippen molar-refractivity contribution in [2.24, 2.45) is 0 Å². The van der Waals surface area contributed by atoms with Crippen molar-refractivity contribution in [1.29, 1.82) is 0 Å². The van der Waals surface area contributed by atoms with E-state index in [1.54, 1.807) is 18.9 Å². The van der Waals surface area contributed by atoms with E-state index in [0.717, 1.165) is 24.1 Å². The van der Waals surface area contributed by atoms with Crippen LogP contribution in [0.1, 0.15) is 38.3 Å². The Bertz CT molecular complexity index is 444. The molecule has 4 heteroatoms. The second-order valence-corrected chi connectivity index (χ2v) is 5.19. The molecule has 0 heterocycles. The van der Waals surface area contributed by atoms with Crippen molar-refractivity contribution < 1.29 is 9.90 Å². The Morgan fingerprint density at radius 2 is 2.05 bits per heavy atom. The predicted octanol–water partition coefficient (Wildman–Crippen LogP) is 3.05. The minimum absolute atomic E-state index is 0.131. The topological polar surface area (TPSA) is 52.6 Å². The first kappa shape index (κ1) is 16.5. The number of urea groups is 1. The molecule has 0 bridgehead atoms. The number of carbonyl (C=O) groups is 1. The van der Waals surface area contributed by atoms with Crippen molar-refractivity contribution in [2.45, 2.75) is 46.1 Å². The number of nitrogens with one attached hydrogen (secondary N) is 1. The summed E-state index contributed by atoms with van der Waals surface area (Å²) in [6.45, 7) is 6.44. The minimum Gasteiger partial charge on any atom is -0.393 e. The van der Waals surface area contributed by atoms with E-state index in [1.807, 2.05) is 6.07 Å². The lowest BCUT2D eigenvalue weighted by Gasteiger charge is -2.20. The van der Waals surface area contributed by atoms with Crippen LogP contribution in [-0.2, 0) is 12.8 Å². The molecule has 0 radical (unpaired) electrons. The highest BCUT2D eigenvalue weighted by molar-refractivity contribution is 5.90. The number of aliphatic hydroxyl groups excluding tert-OH is 1. The molecule has 0 saturated carbocycles. The van der Waals surface area contributed by atoms with Crippen LogP contribution in [0.15, 0.2) is 18.2 Å². The van der Waals surface area contributed by atoms with E-state index in [0.29, 0.717) is 13.0 Å². The largest absolute Gasteiger partial charge is 0.393 e. The van der Waals surface area contributed by atoms with Crippen LogP contribution in [0.25, 0.3) is 0 Å². The van der Waals surface area contributed by atoms with Gasteiger partial charge in [-0.25, -0.2) is 4.79 Å². The monoisotopic (exact) mass is 278 g/mol. The van der Waals surface area contributed by atoms with Gasteiger partial charge in [0.2, 0.25) is 0 Å². The summed E-state index contributed by atoms with van der Waals surface area (Å²) in [6.07, 6.45) is 2.03. The van der Waals surface area contributed by atoms with Crippen LogP contribution in [0.4, 0.5) is 10.5 Å². The molecule has 112 valence electrons. The van der Waals surface area contributed by atoms with Crippen molar-refractivity contribution in [2.75, 3.05) is 18.9 Å². The van der Waals surface area contributed by atoms with Gasteiger partial charge in [0, 0.05) is 19.3 Å². The maximum absolute atomic E-state index is 12.1. The Morgan fingerprint density at radius 3 is 2.60 bits per heavy atom. The van der Waals surface area contributed by atoms with E-state index in [-0.39, 0.29) is 12.1 Å². The first-order valence-corrected chi connectivity index (χ1v) is 7.29. The number of carbonyl (C=O) groups excluding carboxylic acids is 1. The maximum Gasteiger partial charge on any atom is 0.321 e. The third-order valence-electron chi connectivity index (χ3n) is 3.43. The molecule has 0 spiro atoms. The van der Waals surface area contributed by atoms with Gasteiger partial charge in [0.1, 0.15) is 0 Å². The van der Waals surface area contributed by atoms with Crippen molar-refractivity contribution in [1.82, 2.24) is 4.90 Å². The number of rotatable bonds is 6. The first-order chi connectivity index (χ1) is 9.47. The highest BCUT2D eigenvalue weighted by Crippen LogP contribution is 2.19. The van der Waals surface area contributed by atoms with Crippen LogP contribution >= 0.6 is 0 Å². The number of amides is 2. The zero-order valence-electron chi connectivity index (χ0n) is 12.9. The molecule has 0 aliphatic rings. The molecule has 0 aromatic heterocycles. The Kier molecular flexibility index (Phi) is 6.52. The van der Waals surface area contributed by atoms with Crippen LogP contribution in [-0.4, -0.2) is 35.7 Å². The molecule has 0 aliphatic carbocycles. The lowest BCUT2D eigenvalue weighted by atomic mass is 10.1. The summed E-state index contributed by atoms with van der Waals surface area (Å²) in [5.41, 5.74) is 3.24. The van der Waals surface area contributed by atoms with E-state index in [1.165, 1.54) is 5.56 Å². The standard InChI is InChI=1S/C16H26N2O2/c1-5-13-7-8-14(6-2)15(11-13)17-16(20)18(4)10-9-12(3)19/h7-8,11-12,19H,5-6,9-10H2,1-4H3,(H,17,20). The first-order valence-electron chi connectivity index (χ1n) is 7.29. The molecule has 2 amide bonds. The summed E-state index contributed by atoms with van der Waals surface area (Å²) in [5, 5.41) is 12.2. The van der Waals surface area contributed by atoms with Crippen molar-refractivity contribution in [3.05, 3.63) is 29.3 Å². The molecular formula is C16H26N2O2. The van der Waals surface area contributed by atoms with Crippen LogP contribution in [0.2, 0.25) is 0 Å². The molecule has 0 fully saturated rings. The number of hydrogen-bond acceptors (Lipinski definition) is 2. The Balaban J connectivity index is 2.73. The number of anilines is 1. The molecule has 2 N–H and O–H groups in total. The molecule has 1 atom stereocenters. The highest BCUT2D eigenvalue weighted by Gasteiger charge is 2.11. The zero-order valence-corrected chi connectivity index (χ0v) is 12.9. The fourth-order valence-corrected chi connectivity index (χ4v) is 1.96. The molecule has 1 aromatic carbocycles. The molecule has 1 unspecified atom stereocenters. The van der Waals surface area contributed by atoms with Gasteiger partial charge >= 0.3 is 6.03 Å². The number of nitrogens with zero attached hydrogens (tertiary/aromatic N) is 1. The van der Waals surface area contributed by atoms with Gasteiger partial charge in [0.15, 0.2) is 0 Å². The molecule has 4 nitrogen and oxygen atoms in total. The van der Waals surface area contributed by atoms with Crippen molar-refractivity contribution in [3.63, 3.8) is 0 Å². The summed E-state index contributed by atoms with van der Waals surface area (Å²) in [5.74, 6) is 0. The van der Waals surface area contributed by atoms with Crippen LogP contribution in [0.5, 0.6) is 0 Å². The number of aryl methyl sites for hydroxylation is 2. The van der Waals surface area contributed by atoms with E-state index >= 15 is 0 Å². The lowest BCUT2D eigenvalue weighted by molar-refractivity contribution is 0.167. The second kappa shape index (κ2) is 7.90. The van der Waals surface area contributed by atoms with Gasteiger partial charge in [-0.1, -0.05) is 26.0 Å². The van der Waals surface area contributed by atoms with Crippen molar-refractivity contribution >= 4 is 11.7 Å². The van der Waals surface area contributed by atoms with E-state index in [4.69, 9.17) is 0 Å². The molecule has 20 heavy (non-hydrogen) atoms. The molecule has 0 aliphatic heterocycles. The van der Waals surface area contributed by atoms with Gasteiger partial charge in [-0.05, 0) is 43.4 Å². The molecule has 0 saturated heterocycles. The number of benzene rings is 1. The predicted molar refractivity (Wildman–Crippen MR) is 83.1 cm³/mol. The van der Waals surface area contributed by atoms with Gasteiger partial charge in [0.25, 0.3) is 0 Å². The van der Waals surface area contributed by atoms with E-state index < -0.39 is 0 Å². The summed E-state index contributed by atoms with van der Waals surface area (Å²) >= 11 is 0.